The lowest BCUT2D eigenvalue weighted by molar-refractivity contribution is -0.130. The van der Waals surface area contributed by atoms with Crippen molar-refractivity contribution in [1.82, 2.24) is 10.2 Å². The zero-order valence-corrected chi connectivity index (χ0v) is 14.0. The third-order valence-electron chi connectivity index (χ3n) is 5.26. The molecule has 6 nitrogen and oxygen atoms in total. The smallest absolute Gasteiger partial charge is 0.225 e. The summed E-state index contributed by atoms with van der Waals surface area (Å²) in [5.74, 6) is 0.277. The van der Waals surface area contributed by atoms with Crippen LogP contribution in [0, 0.1) is 23.2 Å². The molecule has 1 saturated heterocycles. The summed E-state index contributed by atoms with van der Waals surface area (Å²) in [5.41, 5.74) is 6.04. The molecule has 2 amide bonds. The monoisotopic (exact) mass is 320 g/mol. The van der Waals surface area contributed by atoms with E-state index in [0.29, 0.717) is 12.3 Å². The number of carbonyl (C=O) groups excluding carboxylic acids is 2. The van der Waals surface area contributed by atoms with Gasteiger partial charge in [-0.15, -0.1) is 0 Å². The predicted molar refractivity (Wildman–Crippen MR) is 87.1 cm³/mol. The van der Waals surface area contributed by atoms with Crippen LogP contribution in [-0.2, 0) is 9.59 Å². The molecule has 0 bridgehead atoms. The zero-order valence-electron chi connectivity index (χ0n) is 14.0. The second-order valence-corrected chi connectivity index (χ2v) is 6.93. The predicted octanol–water partition coefficient (Wildman–Crippen LogP) is 1.16. The molecule has 6 heteroatoms. The molecule has 128 valence electrons. The van der Waals surface area contributed by atoms with Crippen molar-refractivity contribution in [3.8, 4) is 6.07 Å². The van der Waals surface area contributed by atoms with E-state index < -0.39 is 6.04 Å². The van der Waals surface area contributed by atoms with E-state index >= 15 is 0 Å². The van der Waals surface area contributed by atoms with Crippen molar-refractivity contribution in [1.29, 1.82) is 5.26 Å². The van der Waals surface area contributed by atoms with Crippen LogP contribution in [0.3, 0.4) is 0 Å². The van der Waals surface area contributed by atoms with Crippen LogP contribution in [0.5, 0.6) is 0 Å². The average molecular weight is 320 g/mol. The van der Waals surface area contributed by atoms with Gasteiger partial charge in [0.25, 0.3) is 0 Å². The lowest BCUT2D eigenvalue weighted by Crippen LogP contribution is -2.47. The van der Waals surface area contributed by atoms with Crippen molar-refractivity contribution in [3.63, 3.8) is 0 Å². The topological polar surface area (TPSA) is 99.2 Å². The van der Waals surface area contributed by atoms with E-state index in [9.17, 15) is 14.9 Å². The van der Waals surface area contributed by atoms with Gasteiger partial charge in [0.1, 0.15) is 6.04 Å². The molecule has 2 fully saturated rings. The Kier molecular flexibility index (Phi) is 6.40. The molecule has 0 spiro atoms. The molecule has 0 radical (unpaired) electrons. The molecule has 3 N–H and O–H groups in total. The minimum absolute atomic E-state index is 0.0649. The van der Waals surface area contributed by atoms with Crippen molar-refractivity contribution >= 4 is 11.8 Å². The summed E-state index contributed by atoms with van der Waals surface area (Å²) < 4.78 is 0. The Bertz CT molecular complexity index is 466. The van der Waals surface area contributed by atoms with Gasteiger partial charge in [0.15, 0.2) is 0 Å². The number of amides is 2. The van der Waals surface area contributed by atoms with E-state index in [0.717, 1.165) is 51.6 Å². The third kappa shape index (κ3) is 4.93. The Morgan fingerprint density at radius 1 is 1.26 bits per heavy atom. The number of nitrogens with zero attached hydrogens (tertiary/aromatic N) is 2. The van der Waals surface area contributed by atoms with Crippen LogP contribution in [0.4, 0.5) is 0 Å². The molecule has 2 rings (SSSR count). The number of nitrogens with two attached hydrogens (primary N) is 1. The number of hydrogen-bond donors (Lipinski definition) is 2. The van der Waals surface area contributed by atoms with E-state index in [1.165, 1.54) is 0 Å². The van der Waals surface area contributed by atoms with Crippen LogP contribution in [0.1, 0.15) is 51.9 Å². The molecule has 3 atom stereocenters. The Morgan fingerprint density at radius 3 is 2.48 bits per heavy atom. The number of nitrogens with one attached hydrogen (secondary N) is 1. The van der Waals surface area contributed by atoms with E-state index in [1.807, 2.05) is 4.90 Å². The molecule has 0 aromatic carbocycles. The van der Waals surface area contributed by atoms with Crippen LogP contribution in [0.15, 0.2) is 0 Å². The molecule has 1 aliphatic heterocycles. The number of likely N-dealkylation sites (tertiary alicyclic amines) is 1. The fourth-order valence-corrected chi connectivity index (χ4v) is 3.72. The average Bonchev–Trinajstić information content (AvgIpc) is 2.55. The van der Waals surface area contributed by atoms with Crippen LogP contribution in [0.25, 0.3) is 0 Å². The number of rotatable bonds is 4. The highest BCUT2D eigenvalue weighted by Gasteiger charge is 2.30. The van der Waals surface area contributed by atoms with Gasteiger partial charge in [0.05, 0.1) is 12.0 Å². The first-order chi connectivity index (χ1) is 11.0. The highest BCUT2D eigenvalue weighted by Crippen LogP contribution is 2.25. The summed E-state index contributed by atoms with van der Waals surface area (Å²) in [5, 5.41) is 12.2. The maximum atomic E-state index is 12.4. The van der Waals surface area contributed by atoms with Gasteiger partial charge in [-0.05, 0) is 38.0 Å². The summed E-state index contributed by atoms with van der Waals surface area (Å²) in [4.78, 5) is 25.6. The molecule has 1 heterocycles. The molecular formula is C17H28N4O2. The minimum Gasteiger partial charge on any atom is -0.343 e. The van der Waals surface area contributed by atoms with E-state index in [1.54, 1.807) is 6.92 Å². The summed E-state index contributed by atoms with van der Waals surface area (Å²) in [7, 11) is 0. The van der Waals surface area contributed by atoms with Crippen molar-refractivity contribution in [3.05, 3.63) is 0 Å². The number of piperidine rings is 1. The van der Waals surface area contributed by atoms with Gasteiger partial charge in [-0.1, -0.05) is 12.8 Å². The maximum Gasteiger partial charge on any atom is 0.225 e. The fourth-order valence-electron chi connectivity index (χ4n) is 3.72. The summed E-state index contributed by atoms with van der Waals surface area (Å²) >= 11 is 0. The number of hydrogen-bond acceptors (Lipinski definition) is 4. The first-order valence-electron chi connectivity index (χ1n) is 8.72. The minimum atomic E-state index is -0.453. The largest absolute Gasteiger partial charge is 0.343 e. The molecule has 1 unspecified atom stereocenters. The number of nitriles is 1. The van der Waals surface area contributed by atoms with Gasteiger partial charge in [0, 0.05) is 26.1 Å². The number of carbonyl (C=O) groups is 2. The van der Waals surface area contributed by atoms with E-state index in [4.69, 9.17) is 5.73 Å². The van der Waals surface area contributed by atoms with Gasteiger partial charge < -0.3 is 16.0 Å². The standard InChI is InChI=1S/C17H28N4O2/c1-12(22)21-8-6-13(7-9-21)10-14(11-18)20-17(23)15-4-2-3-5-16(15)19/h13-16H,2-10,19H2,1H3,(H,20,23)/t14?,15-,16+/m1/s1. The highest BCUT2D eigenvalue weighted by atomic mass is 16.2. The lowest BCUT2D eigenvalue weighted by atomic mass is 9.84. The van der Waals surface area contributed by atoms with Crippen molar-refractivity contribution in [2.24, 2.45) is 17.6 Å². The van der Waals surface area contributed by atoms with Crippen LogP contribution < -0.4 is 11.1 Å². The van der Waals surface area contributed by atoms with E-state index in [-0.39, 0.29) is 23.8 Å². The quantitative estimate of drug-likeness (QED) is 0.812. The van der Waals surface area contributed by atoms with Crippen LogP contribution >= 0.6 is 0 Å². The Balaban J connectivity index is 1.80. The van der Waals surface area contributed by atoms with Gasteiger partial charge >= 0.3 is 0 Å². The normalized spacial score (nSPS) is 27.1. The summed E-state index contributed by atoms with van der Waals surface area (Å²) in [6.45, 7) is 3.09. The van der Waals surface area contributed by atoms with Gasteiger partial charge in [-0.25, -0.2) is 0 Å². The van der Waals surface area contributed by atoms with Crippen LogP contribution in [0.2, 0.25) is 0 Å². The first kappa shape index (κ1) is 17.7. The molecular weight excluding hydrogens is 292 g/mol. The molecule has 23 heavy (non-hydrogen) atoms. The highest BCUT2D eigenvalue weighted by molar-refractivity contribution is 5.80. The molecule has 1 aliphatic carbocycles. The Hall–Kier alpha value is -1.61. The maximum absolute atomic E-state index is 12.4. The molecule has 1 saturated carbocycles. The van der Waals surface area contributed by atoms with E-state index in [2.05, 4.69) is 11.4 Å². The fraction of sp³-hybridized carbons (Fsp3) is 0.824. The van der Waals surface area contributed by atoms with Crippen molar-refractivity contribution < 1.29 is 9.59 Å². The Morgan fingerprint density at radius 2 is 1.91 bits per heavy atom. The first-order valence-corrected chi connectivity index (χ1v) is 8.72. The zero-order chi connectivity index (χ0) is 16.8. The van der Waals surface area contributed by atoms with Crippen molar-refractivity contribution in [2.75, 3.05) is 13.1 Å². The van der Waals surface area contributed by atoms with Gasteiger partial charge in [-0.3, -0.25) is 9.59 Å². The summed E-state index contributed by atoms with van der Waals surface area (Å²) in [6.07, 6.45) is 6.29. The SMILES string of the molecule is CC(=O)N1CCC(CC(C#N)NC(=O)[C@@H]2CCCC[C@@H]2N)CC1. The van der Waals surface area contributed by atoms with Gasteiger partial charge in [0.2, 0.25) is 11.8 Å². The third-order valence-corrected chi connectivity index (χ3v) is 5.26. The molecule has 2 aliphatic rings. The van der Waals surface area contributed by atoms with Crippen LogP contribution in [-0.4, -0.2) is 41.9 Å². The lowest BCUT2D eigenvalue weighted by Gasteiger charge is -2.33. The summed E-state index contributed by atoms with van der Waals surface area (Å²) in [6, 6.07) is 1.68. The Labute approximate surface area is 138 Å². The second kappa shape index (κ2) is 8.30. The molecule has 0 aromatic rings. The second-order valence-electron chi connectivity index (χ2n) is 6.93. The van der Waals surface area contributed by atoms with Crippen molar-refractivity contribution in [2.45, 2.75) is 64.0 Å². The molecule has 0 aromatic heterocycles. The van der Waals surface area contributed by atoms with Gasteiger partial charge in [-0.2, -0.15) is 5.26 Å².